The largest absolute Gasteiger partial charge is 0.468 e. The van der Waals surface area contributed by atoms with E-state index in [0.29, 0.717) is 12.1 Å². The maximum Gasteiger partial charge on any atom is 0.251 e. The number of carbonyl (C=O) groups is 2. The van der Waals surface area contributed by atoms with Gasteiger partial charge in [0.2, 0.25) is 5.91 Å². The zero-order valence-electron chi connectivity index (χ0n) is 13.6. The predicted octanol–water partition coefficient (Wildman–Crippen LogP) is 2.19. The third kappa shape index (κ3) is 5.21. The molecule has 0 saturated heterocycles. The van der Waals surface area contributed by atoms with E-state index in [2.05, 4.69) is 26.6 Å². The molecule has 0 spiro atoms. The SMILES string of the molecule is CN(C)C(CNC(=O)CNC(=O)c1cccc(Br)c1)c1ccco1. The lowest BCUT2D eigenvalue weighted by molar-refractivity contribution is -0.120. The van der Waals surface area contributed by atoms with Crippen LogP contribution in [0.4, 0.5) is 0 Å². The summed E-state index contributed by atoms with van der Waals surface area (Å²) in [6, 6.07) is 10.6. The molecule has 6 nitrogen and oxygen atoms in total. The first-order chi connectivity index (χ1) is 11.5. The summed E-state index contributed by atoms with van der Waals surface area (Å²) in [5, 5.41) is 5.41. The molecule has 7 heteroatoms. The van der Waals surface area contributed by atoms with Crippen molar-refractivity contribution >= 4 is 27.7 Å². The van der Waals surface area contributed by atoms with Crippen molar-refractivity contribution in [3.8, 4) is 0 Å². The Bertz CT molecular complexity index is 686. The van der Waals surface area contributed by atoms with Crippen molar-refractivity contribution < 1.29 is 14.0 Å². The first-order valence-electron chi connectivity index (χ1n) is 7.47. The standard InChI is InChI=1S/C17H20BrN3O3/c1-21(2)14(15-7-4-8-24-15)10-19-16(22)11-20-17(23)12-5-3-6-13(18)9-12/h3-9,14H,10-11H2,1-2H3,(H,19,22)(H,20,23). The molecule has 0 aliphatic carbocycles. The molecule has 1 heterocycles. The molecule has 1 aromatic heterocycles. The van der Waals surface area contributed by atoms with Crippen LogP contribution in [-0.4, -0.2) is 43.9 Å². The minimum absolute atomic E-state index is 0.0651. The molecule has 2 amide bonds. The van der Waals surface area contributed by atoms with Crippen LogP contribution in [0.2, 0.25) is 0 Å². The van der Waals surface area contributed by atoms with Crippen molar-refractivity contribution in [3.63, 3.8) is 0 Å². The van der Waals surface area contributed by atoms with Gasteiger partial charge < -0.3 is 15.1 Å². The monoisotopic (exact) mass is 393 g/mol. The second kappa shape index (κ2) is 8.65. The summed E-state index contributed by atoms with van der Waals surface area (Å²) in [5.41, 5.74) is 0.499. The van der Waals surface area contributed by atoms with Gasteiger partial charge in [-0.3, -0.25) is 14.5 Å². The van der Waals surface area contributed by atoms with Gasteiger partial charge in [-0.25, -0.2) is 0 Å². The predicted molar refractivity (Wildman–Crippen MR) is 94.6 cm³/mol. The Kier molecular flexibility index (Phi) is 6.57. The Balaban J connectivity index is 1.81. The van der Waals surface area contributed by atoms with E-state index in [4.69, 9.17) is 4.42 Å². The van der Waals surface area contributed by atoms with E-state index in [1.165, 1.54) is 0 Å². The van der Waals surface area contributed by atoms with Crippen LogP contribution in [-0.2, 0) is 4.79 Å². The van der Waals surface area contributed by atoms with Crippen LogP contribution in [0, 0.1) is 0 Å². The van der Waals surface area contributed by atoms with Gasteiger partial charge in [-0.2, -0.15) is 0 Å². The number of nitrogens with one attached hydrogen (secondary N) is 2. The van der Waals surface area contributed by atoms with E-state index in [1.54, 1.807) is 24.5 Å². The van der Waals surface area contributed by atoms with Crippen molar-refractivity contribution in [2.75, 3.05) is 27.2 Å². The van der Waals surface area contributed by atoms with Crippen LogP contribution >= 0.6 is 15.9 Å². The first kappa shape index (κ1) is 18.2. The summed E-state index contributed by atoms with van der Waals surface area (Å²) in [6.07, 6.45) is 1.60. The number of rotatable bonds is 7. The van der Waals surface area contributed by atoms with E-state index in [-0.39, 0.29) is 24.4 Å². The molecule has 0 fully saturated rings. The Morgan fingerprint density at radius 1 is 1.21 bits per heavy atom. The number of furan rings is 1. The number of nitrogens with zero attached hydrogens (tertiary/aromatic N) is 1. The maximum atomic E-state index is 12.0. The Hall–Kier alpha value is -2.12. The Labute approximate surface area is 149 Å². The molecule has 128 valence electrons. The highest BCUT2D eigenvalue weighted by Gasteiger charge is 2.18. The minimum atomic E-state index is -0.290. The zero-order chi connectivity index (χ0) is 17.5. The van der Waals surface area contributed by atoms with Gasteiger partial charge in [-0.1, -0.05) is 22.0 Å². The number of likely N-dealkylation sites (N-methyl/N-ethyl adjacent to an activating group) is 1. The number of hydrogen-bond acceptors (Lipinski definition) is 4. The molecule has 1 atom stereocenters. The van der Waals surface area contributed by atoms with E-state index in [1.807, 2.05) is 37.2 Å². The number of benzene rings is 1. The van der Waals surface area contributed by atoms with Crippen LogP contribution in [0.25, 0.3) is 0 Å². The smallest absolute Gasteiger partial charge is 0.251 e. The van der Waals surface area contributed by atoms with E-state index < -0.39 is 0 Å². The fourth-order valence-electron chi connectivity index (χ4n) is 2.18. The van der Waals surface area contributed by atoms with Crippen molar-refractivity contribution in [1.29, 1.82) is 0 Å². The zero-order valence-corrected chi connectivity index (χ0v) is 15.2. The number of hydrogen-bond donors (Lipinski definition) is 2. The Morgan fingerprint density at radius 2 is 2.00 bits per heavy atom. The lowest BCUT2D eigenvalue weighted by atomic mass is 10.2. The van der Waals surface area contributed by atoms with Gasteiger partial charge in [0.25, 0.3) is 5.91 Å². The normalized spacial score (nSPS) is 12.0. The number of amides is 2. The van der Waals surface area contributed by atoms with E-state index >= 15 is 0 Å². The lowest BCUT2D eigenvalue weighted by Crippen LogP contribution is -2.40. The van der Waals surface area contributed by atoms with Gasteiger partial charge in [-0.15, -0.1) is 0 Å². The third-order valence-corrected chi connectivity index (χ3v) is 3.98. The molecule has 1 unspecified atom stereocenters. The molecule has 24 heavy (non-hydrogen) atoms. The van der Waals surface area contributed by atoms with Crippen LogP contribution in [0.3, 0.4) is 0 Å². The van der Waals surface area contributed by atoms with Crippen LogP contribution < -0.4 is 10.6 Å². The molecule has 0 aliphatic rings. The molecule has 0 bridgehead atoms. The molecule has 0 saturated carbocycles. The molecular weight excluding hydrogens is 374 g/mol. The van der Waals surface area contributed by atoms with Crippen molar-refractivity contribution in [2.45, 2.75) is 6.04 Å². The van der Waals surface area contributed by atoms with Gasteiger partial charge >= 0.3 is 0 Å². The average molecular weight is 394 g/mol. The average Bonchev–Trinajstić information content (AvgIpc) is 3.06. The number of halogens is 1. The highest BCUT2D eigenvalue weighted by molar-refractivity contribution is 9.10. The van der Waals surface area contributed by atoms with E-state index in [0.717, 1.165) is 10.2 Å². The first-order valence-corrected chi connectivity index (χ1v) is 8.27. The molecule has 0 aliphatic heterocycles. The van der Waals surface area contributed by atoms with Gasteiger partial charge in [0.1, 0.15) is 5.76 Å². The van der Waals surface area contributed by atoms with Gasteiger partial charge in [0.15, 0.2) is 0 Å². The van der Waals surface area contributed by atoms with Gasteiger partial charge in [0, 0.05) is 16.6 Å². The molecule has 1 aromatic carbocycles. The molecule has 2 N–H and O–H groups in total. The fraction of sp³-hybridized carbons (Fsp3) is 0.294. The van der Waals surface area contributed by atoms with Crippen LogP contribution in [0.15, 0.2) is 51.6 Å². The second-order valence-electron chi connectivity index (χ2n) is 5.49. The fourth-order valence-corrected chi connectivity index (χ4v) is 2.58. The summed E-state index contributed by atoms with van der Waals surface area (Å²) in [7, 11) is 3.82. The molecule has 2 rings (SSSR count). The molecule has 0 radical (unpaired) electrons. The molecule has 2 aromatic rings. The topological polar surface area (TPSA) is 74.6 Å². The summed E-state index contributed by atoms with van der Waals surface area (Å²) in [4.78, 5) is 25.9. The summed E-state index contributed by atoms with van der Waals surface area (Å²) >= 11 is 3.31. The second-order valence-corrected chi connectivity index (χ2v) is 6.41. The highest BCUT2D eigenvalue weighted by atomic mass is 79.9. The number of carbonyl (C=O) groups excluding carboxylic acids is 2. The van der Waals surface area contributed by atoms with Crippen LogP contribution in [0.5, 0.6) is 0 Å². The summed E-state index contributed by atoms with van der Waals surface area (Å²) < 4.78 is 6.20. The third-order valence-electron chi connectivity index (χ3n) is 3.48. The van der Waals surface area contributed by atoms with Crippen LogP contribution in [0.1, 0.15) is 22.2 Å². The lowest BCUT2D eigenvalue weighted by Gasteiger charge is -2.22. The molecular formula is C17H20BrN3O3. The Morgan fingerprint density at radius 3 is 2.62 bits per heavy atom. The summed E-state index contributed by atoms with van der Waals surface area (Å²) in [6.45, 7) is 0.315. The van der Waals surface area contributed by atoms with Gasteiger partial charge in [-0.05, 0) is 44.4 Å². The maximum absolute atomic E-state index is 12.0. The van der Waals surface area contributed by atoms with Crippen molar-refractivity contribution in [1.82, 2.24) is 15.5 Å². The van der Waals surface area contributed by atoms with Gasteiger partial charge in [0.05, 0.1) is 18.8 Å². The highest BCUT2D eigenvalue weighted by Crippen LogP contribution is 2.17. The summed E-state index contributed by atoms with van der Waals surface area (Å²) in [5.74, 6) is 0.233. The van der Waals surface area contributed by atoms with E-state index in [9.17, 15) is 9.59 Å². The quantitative estimate of drug-likeness (QED) is 0.755. The van der Waals surface area contributed by atoms with Crippen molar-refractivity contribution in [3.05, 3.63) is 58.5 Å². The van der Waals surface area contributed by atoms with Crippen molar-refractivity contribution in [2.24, 2.45) is 0 Å². The minimum Gasteiger partial charge on any atom is -0.468 e.